The van der Waals surface area contributed by atoms with E-state index in [1.165, 1.54) is 12.5 Å². The van der Waals surface area contributed by atoms with Crippen LogP contribution >= 0.6 is 0 Å². The van der Waals surface area contributed by atoms with Crippen molar-refractivity contribution in [1.82, 2.24) is 14.7 Å². The second kappa shape index (κ2) is 4.94. The highest BCUT2D eigenvalue weighted by atomic mass is 32.2. The van der Waals surface area contributed by atoms with Gasteiger partial charge in [0, 0.05) is 12.5 Å². The average Bonchev–Trinajstić information content (AvgIpc) is 2.78. The molecule has 1 heterocycles. The molecule has 0 fully saturated rings. The number of imidazole rings is 1. The molecule has 0 aliphatic carbocycles. The largest absolute Gasteiger partial charge is 0.409 e. The first-order valence-electron chi connectivity index (χ1n) is 4.43. The summed E-state index contributed by atoms with van der Waals surface area (Å²) in [6, 6.07) is 0. The van der Waals surface area contributed by atoms with Gasteiger partial charge in [-0.1, -0.05) is 12.1 Å². The van der Waals surface area contributed by atoms with Crippen LogP contribution in [0.3, 0.4) is 0 Å². The highest BCUT2D eigenvalue weighted by molar-refractivity contribution is 7.89. The summed E-state index contributed by atoms with van der Waals surface area (Å²) in [6.07, 6.45) is 2.46. The monoisotopic (exact) mass is 247 g/mol. The Morgan fingerprint density at radius 3 is 3.00 bits per heavy atom. The maximum absolute atomic E-state index is 11.6. The average molecular weight is 247 g/mol. The minimum Gasteiger partial charge on any atom is -0.409 e. The summed E-state index contributed by atoms with van der Waals surface area (Å²) in [4.78, 5) is 6.08. The molecule has 1 aromatic rings. The first-order chi connectivity index (χ1) is 7.47. The van der Waals surface area contributed by atoms with Crippen LogP contribution < -0.4 is 10.5 Å². The van der Waals surface area contributed by atoms with Crippen molar-refractivity contribution in [3.63, 3.8) is 0 Å². The van der Waals surface area contributed by atoms with Gasteiger partial charge < -0.3 is 15.9 Å². The third-order valence-corrected chi connectivity index (χ3v) is 3.31. The third-order valence-electron chi connectivity index (χ3n) is 1.96. The number of amidine groups is 1. The number of oxime groups is 1. The lowest BCUT2D eigenvalue weighted by Crippen LogP contribution is -2.34. The van der Waals surface area contributed by atoms with Gasteiger partial charge in [0.1, 0.15) is 5.84 Å². The van der Waals surface area contributed by atoms with Crippen LogP contribution in [-0.2, 0) is 10.0 Å². The topological polar surface area (TPSA) is 133 Å². The smallest absolute Gasteiger partial charge is 0.257 e. The minimum absolute atomic E-state index is 0.0285. The van der Waals surface area contributed by atoms with E-state index in [4.69, 9.17) is 10.9 Å². The maximum atomic E-state index is 11.6. The van der Waals surface area contributed by atoms with Crippen molar-refractivity contribution in [2.75, 3.05) is 6.54 Å². The van der Waals surface area contributed by atoms with Crippen LogP contribution in [0.15, 0.2) is 22.7 Å². The first-order valence-corrected chi connectivity index (χ1v) is 5.91. The number of H-pyrrole nitrogens is 1. The van der Waals surface area contributed by atoms with Gasteiger partial charge in [-0.2, -0.15) is 0 Å². The molecule has 8 nitrogen and oxygen atoms in total. The summed E-state index contributed by atoms with van der Waals surface area (Å²) in [6.45, 7) is 1.67. The number of rotatable bonds is 5. The van der Waals surface area contributed by atoms with Gasteiger partial charge in [-0.05, 0) is 0 Å². The van der Waals surface area contributed by atoms with E-state index in [0.717, 1.165) is 0 Å². The summed E-state index contributed by atoms with van der Waals surface area (Å²) < 4.78 is 25.5. The summed E-state index contributed by atoms with van der Waals surface area (Å²) >= 11 is 0. The van der Waals surface area contributed by atoms with Gasteiger partial charge in [0.25, 0.3) is 10.0 Å². The van der Waals surface area contributed by atoms with E-state index in [1.807, 2.05) is 0 Å². The van der Waals surface area contributed by atoms with E-state index < -0.39 is 15.9 Å². The molecule has 0 amide bonds. The molecule has 16 heavy (non-hydrogen) atoms. The fourth-order valence-corrected chi connectivity index (χ4v) is 1.94. The molecule has 5 N–H and O–H groups in total. The highest BCUT2D eigenvalue weighted by Crippen LogP contribution is 2.03. The second-order valence-corrected chi connectivity index (χ2v) is 4.93. The lowest BCUT2D eigenvalue weighted by atomic mass is 10.2. The van der Waals surface area contributed by atoms with Crippen molar-refractivity contribution in [3.8, 4) is 0 Å². The minimum atomic E-state index is -3.61. The van der Waals surface area contributed by atoms with Gasteiger partial charge >= 0.3 is 0 Å². The fourth-order valence-electron chi connectivity index (χ4n) is 0.906. The molecule has 0 aromatic carbocycles. The summed E-state index contributed by atoms with van der Waals surface area (Å²) in [7, 11) is -3.61. The number of aromatic nitrogens is 2. The highest BCUT2D eigenvalue weighted by Gasteiger charge is 2.17. The zero-order valence-electron chi connectivity index (χ0n) is 8.58. The van der Waals surface area contributed by atoms with Crippen LogP contribution in [0.5, 0.6) is 0 Å². The maximum Gasteiger partial charge on any atom is 0.257 e. The molecule has 1 aromatic heterocycles. The quantitative estimate of drug-likeness (QED) is 0.231. The van der Waals surface area contributed by atoms with E-state index >= 15 is 0 Å². The molecular weight excluding hydrogens is 234 g/mol. The SMILES string of the molecule is CC(CNS(=O)(=O)c1cnc[nH]1)C(N)=NO. The van der Waals surface area contributed by atoms with Crippen molar-refractivity contribution < 1.29 is 13.6 Å². The number of aromatic amines is 1. The van der Waals surface area contributed by atoms with Crippen LogP contribution in [-0.4, -0.2) is 36.0 Å². The van der Waals surface area contributed by atoms with E-state index in [9.17, 15) is 8.42 Å². The molecule has 1 rings (SSSR count). The van der Waals surface area contributed by atoms with E-state index in [2.05, 4.69) is 19.8 Å². The predicted octanol–water partition coefficient (Wildman–Crippen LogP) is -0.929. The van der Waals surface area contributed by atoms with Crippen LogP contribution in [0, 0.1) is 5.92 Å². The number of nitrogens with two attached hydrogens (primary N) is 1. The fraction of sp³-hybridized carbons (Fsp3) is 0.429. The molecule has 90 valence electrons. The molecule has 0 saturated carbocycles. The van der Waals surface area contributed by atoms with Crippen molar-refractivity contribution in [2.45, 2.75) is 11.9 Å². The molecule has 9 heteroatoms. The van der Waals surface area contributed by atoms with Crippen LogP contribution in [0.2, 0.25) is 0 Å². The Balaban J connectivity index is 2.63. The van der Waals surface area contributed by atoms with Gasteiger partial charge in [-0.3, -0.25) is 0 Å². The Bertz CT molecular complexity index is 452. The molecule has 0 saturated heterocycles. The lowest BCUT2D eigenvalue weighted by molar-refractivity contribution is 0.314. The number of hydrogen-bond acceptors (Lipinski definition) is 5. The van der Waals surface area contributed by atoms with Crippen LogP contribution in [0.4, 0.5) is 0 Å². The Hall–Kier alpha value is -1.61. The zero-order valence-corrected chi connectivity index (χ0v) is 9.40. The van der Waals surface area contributed by atoms with Gasteiger partial charge in [-0.15, -0.1) is 0 Å². The number of sulfonamides is 1. The summed E-state index contributed by atoms with van der Waals surface area (Å²) in [5.74, 6) is -0.435. The van der Waals surface area contributed by atoms with Crippen LogP contribution in [0.25, 0.3) is 0 Å². The van der Waals surface area contributed by atoms with Crippen molar-refractivity contribution in [2.24, 2.45) is 16.8 Å². The Morgan fingerprint density at radius 2 is 2.50 bits per heavy atom. The summed E-state index contributed by atoms with van der Waals surface area (Å²) in [5, 5.41) is 11.2. The van der Waals surface area contributed by atoms with Gasteiger partial charge in [0.2, 0.25) is 0 Å². The molecule has 0 spiro atoms. The Kier molecular flexibility index (Phi) is 3.85. The zero-order chi connectivity index (χ0) is 12.2. The molecule has 1 unspecified atom stereocenters. The molecule has 1 atom stereocenters. The molecule has 0 bridgehead atoms. The summed E-state index contributed by atoms with van der Waals surface area (Å²) in [5.41, 5.74) is 5.31. The van der Waals surface area contributed by atoms with Crippen molar-refractivity contribution in [1.29, 1.82) is 0 Å². The van der Waals surface area contributed by atoms with Gasteiger partial charge in [-0.25, -0.2) is 18.1 Å². The Morgan fingerprint density at radius 1 is 1.81 bits per heavy atom. The Labute approximate surface area is 92.6 Å². The normalized spacial score (nSPS) is 14.9. The number of hydrogen-bond donors (Lipinski definition) is 4. The standard InChI is InChI=1S/C7H13N5O3S/c1-5(7(8)12-13)2-11-16(14,15)6-3-9-4-10-6/h3-5,11,13H,2H2,1H3,(H2,8,12)(H,9,10). The third kappa shape index (κ3) is 2.94. The molecule has 0 radical (unpaired) electrons. The first kappa shape index (κ1) is 12.5. The molecular formula is C7H13N5O3S. The number of nitrogens with one attached hydrogen (secondary N) is 2. The lowest BCUT2D eigenvalue weighted by Gasteiger charge is -2.10. The molecule has 0 aliphatic heterocycles. The molecule has 0 aliphatic rings. The van der Waals surface area contributed by atoms with Gasteiger partial charge in [0.15, 0.2) is 5.03 Å². The van der Waals surface area contributed by atoms with E-state index in [-0.39, 0.29) is 17.4 Å². The van der Waals surface area contributed by atoms with Gasteiger partial charge in [0.05, 0.1) is 12.5 Å². The van der Waals surface area contributed by atoms with Crippen LogP contribution in [0.1, 0.15) is 6.92 Å². The van der Waals surface area contributed by atoms with Crippen molar-refractivity contribution >= 4 is 15.9 Å². The van der Waals surface area contributed by atoms with E-state index in [0.29, 0.717) is 0 Å². The van der Waals surface area contributed by atoms with Crippen molar-refractivity contribution in [3.05, 3.63) is 12.5 Å². The second-order valence-electron chi connectivity index (χ2n) is 3.19. The van der Waals surface area contributed by atoms with E-state index in [1.54, 1.807) is 6.92 Å². The number of nitrogens with zero attached hydrogens (tertiary/aromatic N) is 2. The predicted molar refractivity (Wildman–Crippen MR) is 56.3 cm³/mol.